The number of benzene rings is 1. The van der Waals surface area contributed by atoms with Crippen molar-refractivity contribution < 1.29 is 14.3 Å². The second-order valence-electron chi connectivity index (χ2n) is 5.66. The summed E-state index contributed by atoms with van der Waals surface area (Å²) in [7, 11) is 1.59. The highest BCUT2D eigenvalue weighted by Crippen LogP contribution is 2.27. The van der Waals surface area contributed by atoms with Gasteiger partial charge in [-0.1, -0.05) is 31.4 Å². The standard InChI is InChI=1S/C17H25NO3/c1-13(21-16-11-7-6-10-15(16)20-2)17(19)18-12-14-8-4-3-5-9-14/h6-7,10-11,13-14H,3-5,8-9,12H2,1-2H3,(H,18,19)/t13-/m1/s1. The molecule has 1 amide bonds. The van der Waals surface area contributed by atoms with E-state index in [1.165, 1.54) is 32.1 Å². The molecule has 0 heterocycles. The van der Waals surface area contributed by atoms with Gasteiger partial charge in [-0.2, -0.15) is 0 Å². The number of methoxy groups -OCH3 is 1. The summed E-state index contributed by atoms with van der Waals surface area (Å²) in [6.45, 7) is 2.53. The number of ether oxygens (including phenoxy) is 2. The van der Waals surface area contributed by atoms with Crippen molar-refractivity contribution in [3.63, 3.8) is 0 Å². The molecule has 0 unspecified atom stereocenters. The second-order valence-corrected chi connectivity index (χ2v) is 5.66. The van der Waals surface area contributed by atoms with E-state index in [9.17, 15) is 4.79 Å². The Labute approximate surface area is 126 Å². The number of nitrogens with one attached hydrogen (secondary N) is 1. The third-order valence-corrected chi connectivity index (χ3v) is 4.03. The average Bonchev–Trinajstić information content (AvgIpc) is 2.54. The number of carbonyl (C=O) groups excluding carboxylic acids is 1. The lowest BCUT2D eigenvalue weighted by Gasteiger charge is -2.23. The molecule has 116 valence electrons. The average molecular weight is 291 g/mol. The summed E-state index contributed by atoms with van der Waals surface area (Å²) in [5.41, 5.74) is 0. The molecule has 1 aromatic carbocycles. The smallest absolute Gasteiger partial charge is 0.260 e. The van der Waals surface area contributed by atoms with Crippen LogP contribution in [0.15, 0.2) is 24.3 Å². The van der Waals surface area contributed by atoms with E-state index >= 15 is 0 Å². The molecule has 0 radical (unpaired) electrons. The third-order valence-electron chi connectivity index (χ3n) is 4.03. The van der Waals surface area contributed by atoms with Crippen LogP contribution < -0.4 is 14.8 Å². The summed E-state index contributed by atoms with van der Waals surface area (Å²) < 4.78 is 10.9. The summed E-state index contributed by atoms with van der Waals surface area (Å²) in [6.07, 6.45) is 5.83. The minimum Gasteiger partial charge on any atom is -0.493 e. The Hall–Kier alpha value is -1.71. The molecule has 4 heteroatoms. The van der Waals surface area contributed by atoms with Crippen LogP contribution in [0, 0.1) is 5.92 Å². The molecule has 1 aromatic rings. The van der Waals surface area contributed by atoms with E-state index in [2.05, 4.69) is 5.32 Å². The molecule has 1 aliphatic carbocycles. The fourth-order valence-corrected chi connectivity index (χ4v) is 2.74. The molecule has 1 atom stereocenters. The predicted octanol–water partition coefficient (Wildman–Crippen LogP) is 3.16. The van der Waals surface area contributed by atoms with Crippen molar-refractivity contribution in [3.05, 3.63) is 24.3 Å². The maximum atomic E-state index is 12.1. The fourth-order valence-electron chi connectivity index (χ4n) is 2.74. The van der Waals surface area contributed by atoms with Crippen LogP contribution in [0.4, 0.5) is 0 Å². The van der Waals surface area contributed by atoms with Crippen molar-refractivity contribution in [1.82, 2.24) is 5.32 Å². The van der Waals surface area contributed by atoms with E-state index in [1.807, 2.05) is 24.3 Å². The van der Waals surface area contributed by atoms with Crippen molar-refractivity contribution in [2.75, 3.05) is 13.7 Å². The van der Waals surface area contributed by atoms with Crippen LogP contribution in [0.1, 0.15) is 39.0 Å². The highest BCUT2D eigenvalue weighted by molar-refractivity contribution is 5.80. The van der Waals surface area contributed by atoms with Gasteiger partial charge in [0.2, 0.25) is 0 Å². The first-order valence-corrected chi connectivity index (χ1v) is 7.78. The van der Waals surface area contributed by atoms with E-state index in [0.717, 1.165) is 6.54 Å². The highest BCUT2D eigenvalue weighted by atomic mass is 16.5. The normalized spacial score (nSPS) is 17.0. The molecule has 4 nitrogen and oxygen atoms in total. The van der Waals surface area contributed by atoms with Crippen LogP contribution in [0.3, 0.4) is 0 Å². The molecule has 1 fully saturated rings. The Bertz CT molecular complexity index is 455. The summed E-state index contributed by atoms with van der Waals surface area (Å²) in [5, 5.41) is 3.01. The zero-order chi connectivity index (χ0) is 15.1. The Balaban J connectivity index is 1.81. The van der Waals surface area contributed by atoms with E-state index < -0.39 is 6.10 Å². The van der Waals surface area contributed by atoms with E-state index in [-0.39, 0.29) is 5.91 Å². The number of amides is 1. The van der Waals surface area contributed by atoms with Gasteiger partial charge in [0.15, 0.2) is 17.6 Å². The molecule has 21 heavy (non-hydrogen) atoms. The molecule has 0 bridgehead atoms. The largest absolute Gasteiger partial charge is 0.493 e. The maximum Gasteiger partial charge on any atom is 0.260 e. The zero-order valence-electron chi connectivity index (χ0n) is 12.9. The number of hydrogen-bond acceptors (Lipinski definition) is 3. The monoisotopic (exact) mass is 291 g/mol. The Morgan fingerprint density at radius 1 is 1.24 bits per heavy atom. The van der Waals surface area contributed by atoms with Crippen LogP contribution >= 0.6 is 0 Å². The molecule has 0 aromatic heterocycles. The van der Waals surface area contributed by atoms with Gasteiger partial charge in [0.25, 0.3) is 5.91 Å². The zero-order valence-corrected chi connectivity index (χ0v) is 12.9. The van der Waals surface area contributed by atoms with Crippen LogP contribution in [0.5, 0.6) is 11.5 Å². The summed E-state index contributed by atoms with van der Waals surface area (Å²) in [5.74, 6) is 1.80. The van der Waals surface area contributed by atoms with E-state index in [0.29, 0.717) is 17.4 Å². The Kier molecular flexibility index (Phi) is 5.90. The van der Waals surface area contributed by atoms with Gasteiger partial charge in [-0.15, -0.1) is 0 Å². The predicted molar refractivity (Wildman–Crippen MR) is 82.7 cm³/mol. The molecular weight excluding hydrogens is 266 g/mol. The molecule has 1 saturated carbocycles. The number of para-hydroxylation sites is 2. The molecule has 0 aliphatic heterocycles. The second kappa shape index (κ2) is 7.91. The first kappa shape index (κ1) is 15.7. The first-order chi connectivity index (χ1) is 10.2. The quantitative estimate of drug-likeness (QED) is 0.876. The number of rotatable bonds is 6. The van der Waals surface area contributed by atoms with Gasteiger partial charge in [-0.25, -0.2) is 0 Å². The van der Waals surface area contributed by atoms with Crippen molar-refractivity contribution in [2.45, 2.75) is 45.1 Å². The summed E-state index contributed by atoms with van der Waals surface area (Å²) >= 11 is 0. The van der Waals surface area contributed by atoms with Crippen molar-refractivity contribution >= 4 is 5.91 Å². The topological polar surface area (TPSA) is 47.6 Å². The fraction of sp³-hybridized carbons (Fsp3) is 0.588. The Morgan fingerprint density at radius 2 is 1.90 bits per heavy atom. The summed E-state index contributed by atoms with van der Waals surface area (Å²) in [6, 6.07) is 7.37. The van der Waals surface area contributed by atoms with Crippen LogP contribution in [-0.4, -0.2) is 25.7 Å². The minimum absolute atomic E-state index is 0.0634. The maximum absolute atomic E-state index is 12.1. The summed E-state index contributed by atoms with van der Waals surface area (Å²) in [4.78, 5) is 12.1. The molecule has 1 aliphatic rings. The first-order valence-electron chi connectivity index (χ1n) is 7.78. The van der Waals surface area contributed by atoms with Crippen LogP contribution in [0.2, 0.25) is 0 Å². The van der Waals surface area contributed by atoms with Crippen molar-refractivity contribution in [1.29, 1.82) is 0 Å². The third kappa shape index (κ3) is 4.66. The van der Waals surface area contributed by atoms with Gasteiger partial charge in [0.05, 0.1) is 7.11 Å². The SMILES string of the molecule is COc1ccccc1O[C@H](C)C(=O)NCC1CCCCC1. The molecular formula is C17H25NO3. The van der Waals surface area contributed by atoms with Crippen molar-refractivity contribution in [2.24, 2.45) is 5.92 Å². The molecule has 0 saturated heterocycles. The van der Waals surface area contributed by atoms with Crippen LogP contribution in [0.25, 0.3) is 0 Å². The molecule has 2 rings (SSSR count). The van der Waals surface area contributed by atoms with Gasteiger partial charge >= 0.3 is 0 Å². The lowest BCUT2D eigenvalue weighted by atomic mass is 9.89. The van der Waals surface area contributed by atoms with Gasteiger partial charge in [0.1, 0.15) is 0 Å². The lowest BCUT2D eigenvalue weighted by molar-refractivity contribution is -0.127. The number of carbonyl (C=O) groups is 1. The van der Waals surface area contributed by atoms with E-state index in [1.54, 1.807) is 14.0 Å². The van der Waals surface area contributed by atoms with Gasteiger partial charge in [-0.3, -0.25) is 4.79 Å². The molecule has 1 N–H and O–H groups in total. The van der Waals surface area contributed by atoms with Crippen LogP contribution in [-0.2, 0) is 4.79 Å². The number of hydrogen-bond donors (Lipinski definition) is 1. The van der Waals surface area contributed by atoms with Crippen molar-refractivity contribution in [3.8, 4) is 11.5 Å². The van der Waals surface area contributed by atoms with Gasteiger partial charge in [-0.05, 0) is 37.8 Å². The Morgan fingerprint density at radius 3 is 2.57 bits per heavy atom. The van der Waals surface area contributed by atoms with Gasteiger partial charge < -0.3 is 14.8 Å². The lowest BCUT2D eigenvalue weighted by Crippen LogP contribution is -2.39. The van der Waals surface area contributed by atoms with Gasteiger partial charge in [0, 0.05) is 6.54 Å². The molecule has 0 spiro atoms. The van der Waals surface area contributed by atoms with E-state index in [4.69, 9.17) is 9.47 Å². The minimum atomic E-state index is -0.523. The highest BCUT2D eigenvalue weighted by Gasteiger charge is 2.19.